The van der Waals surface area contributed by atoms with Gasteiger partial charge in [-0.15, -0.1) is 6.58 Å². The average molecular weight is 179 g/mol. The van der Waals surface area contributed by atoms with E-state index < -0.39 is 21.4 Å². The summed E-state index contributed by atoms with van der Waals surface area (Å²) in [5.41, 5.74) is 0. The number of primary sulfonamides is 1. The topological polar surface area (TPSA) is 80.4 Å². The second kappa shape index (κ2) is 3.85. The predicted molar refractivity (Wildman–Crippen MR) is 43.4 cm³/mol. The first-order chi connectivity index (χ1) is 4.89. The molecule has 3 N–H and O–H groups in total. The van der Waals surface area contributed by atoms with Crippen molar-refractivity contribution in [3.63, 3.8) is 0 Å². The van der Waals surface area contributed by atoms with Crippen molar-refractivity contribution >= 4 is 10.0 Å². The Hall–Kier alpha value is -0.390. The third-order valence-corrected chi connectivity index (χ3v) is 2.82. The first kappa shape index (κ1) is 10.6. The van der Waals surface area contributed by atoms with E-state index in [0.717, 1.165) is 0 Å². The van der Waals surface area contributed by atoms with E-state index in [2.05, 4.69) is 6.58 Å². The molecule has 0 aliphatic heterocycles. The standard InChI is InChI=1S/C6H13NO3S/c1-3-4-6(8)5(2)11(7,9)10/h3,5-6,8H,1,4H2,2H3,(H2,7,9,10)/t5-,6+/m0/s1. The van der Waals surface area contributed by atoms with E-state index in [4.69, 9.17) is 10.2 Å². The Morgan fingerprint density at radius 1 is 1.73 bits per heavy atom. The van der Waals surface area contributed by atoms with E-state index >= 15 is 0 Å². The molecule has 0 aliphatic carbocycles. The molecule has 0 fully saturated rings. The van der Waals surface area contributed by atoms with Gasteiger partial charge in [-0.1, -0.05) is 6.08 Å². The Kier molecular flexibility index (Phi) is 3.71. The van der Waals surface area contributed by atoms with Crippen molar-refractivity contribution in [1.82, 2.24) is 0 Å². The maximum Gasteiger partial charge on any atom is 0.214 e. The van der Waals surface area contributed by atoms with Crippen LogP contribution in [0.4, 0.5) is 0 Å². The zero-order valence-electron chi connectivity index (χ0n) is 6.40. The molecule has 0 saturated heterocycles. The molecule has 0 aromatic rings. The molecule has 0 heterocycles. The molecule has 0 bridgehead atoms. The Labute approximate surface area is 66.8 Å². The molecule has 0 aromatic heterocycles. The van der Waals surface area contributed by atoms with Gasteiger partial charge in [-0.25, -0.2) is 13.6 Å². The van der Waals surface area contributed by atoms with Crippen LogP contribution < -0.4 is 5.14 Å². The smallest absolute Gasteiger partial charge is 0.214 e. The van der Waals surface area contributed by atoms with Crippen molar-refractivity contribution in [2.24, 2.45) is 5.14 Å². The average Bonchev–Trinajstić information content (AvgIpc) is 1.85. The van der Waals surface area contributed by atoms with Crippen LogP contribution in [-0.2, 0) is 10.0 Å². The molecular formula is C6H13NO3S. The quantitative estimate of drug-likeness (QED) is 0.576. The van der Waals surface area contributed by atoms with Gasteiger partial charge in [0, 0.05) is 0 Å². The zero-order chi connectivity index (χ0) is 9.07. The summed E-state index contributed by atoms with van der Waals surface area (Å²) >= 11 is 0. The van der Waals surface area contributed by atoms with Crippen LogP contribution in [0.3, 0.4) is 0 Å². The summed E-state index contributed by atoms with van der Waals surface area (Å²) < 4.78 is 21.3. The number of hydrogen-bond acceptors (Lipinski definition) is 3. The van der Waals surface area contributed by atoms with Crippen LogP contribution in [-0.4, -0.2) is 24.9 Å². The molecule has 0 radical (unpaired) electrons. The molecule has 0 amide bonds. The summed E-state index contributed by atoms with van der Waals surface area (Å²) in [5, 5.41) is 13.0. The van der Waals surface area contributed by atoms with Crippen molar-refractivity contribution in [3.8, 4) is 0 Å². The van der Waals surface area contributed by atoms with Crippen LogP contribution >= 0.6 is 0 Å². The van der Waals surface area contributed by atoms with Crippen LogP contribution in [0.1, 0.15) is 13.3 Å². The van der Waals surface area contributed by atoms with Crippen molar-refractivity contribution in [1.29, 1.82) is 0 Å². The summed E-state index contributed by atoms with van der Waals surface area (Å²) in [6, 6.07) is 0. The van der Waals surface area contributed by atoms with E-state index in [0.29, 0.717) is 0 Å². The highest BCUT2D eigenvalue weighted by Crippen LogP contribution is 2.05. The van der Waals surface area contributed by atoms with Gasteiger partial charge in [-0.3, -0.25) is 0 Å². The lowest BCUT2D eigenvalue weighted by molar-refractivity contribution is 0.176. The largest absolute Gasteiger partial charge is 0.391 e. The molecule has 0 spiro atoms. The monoisotopic (exact) mass is 179 g/mol. The van der Waals surface area contributed by atoms with Gasteiger partial charge in [0.25, 0.3) is 0 Å². The molecule has 66 valence electrons. The van der Waals surface area contributed by atoms with Gasteiger partial charge in [-0.05, 0) is 13.3 Å². The lowest BCUT2D eigenvalue weighted by Gasteiger charge is -2.14. The van der Waals surface area contributed by atoms with Gasteiger partial charge in [0.15, 0.2) is 0 Å². The second-order valence-electron chi connectivity index (χ2n) is 2.39. The third-order valence-electron chi connectivity index (χ3n) is 1.47. The lowest BCUT2D eigenvalue weighted by Crippen LogP contribution is -2.35. The summed E-state index contributed by atoms with van der Waals surface area (Å²) in [4.78, 5) is 0. The first-order valence-corrected chi connectivity index (χ1v) is 4.81. The molecule has 0 rings (SSSR count). The minimum atomic E-state index is -3.62. The highest BCUT2D eigenvalue weighted by Gasteiger charge is 2.23. The zero-order valence-corrected chi connectivity index (χ0v) is 7.21. The molecule has 0 aromatic carbocycles. The summed E-state index contributed by atoms with van der Waals surface area (Å²) in [5.74, 6) is 0. The summed E-state index contributed by atoms with van der Waals surface area (Å²) in [6.45, 7) is 4.73. The Morgan fingerprint density at radius 3 is 2.45 bits per heavy atom. The number of aliphatic hydroxyl groups excluding tert-OH is 1. The van der Waals surface area contributed by atoms with Crippen molar-refractivity contribution in [2.45, 2.75) is 24.7 Å². The molecule has 0 unspecified atom stereocenters. The maximum atomic E-state index is 10.6. The fraction of sp³-hybridized carbons (Fsp3) is 0.667. The van der Waals surface area contributed by atoms with E-state index in [-0.39, 0.29) is 6.42 Å². The van der Waals surface area contributed by atoms with Crippen molar-refractivity contribution in [3.05, 3.63) is 12.7 Å². The van der Waals surface area contributed by atoms with E-state index in [9.17, 15) is 8.42 Å². The van der Waals surface area contributed by atoms with Gasteiger partial charge in [-0.2, -0.15) is 0 Å². The normalized spacial score (nSPS) is 17.4. The van der Waals surface area contributed by atoms with Crippen LogP contribution in [0.15, 0.2) is 12.7 Å². The molecule has 0 aliphatic rings. The SMILES string of the molecule is C=CC[C@@H](O)[C@H](C)S(N)(=O)=O. The fourth-order valence-corrected chi connectivity index (χ4v) is 1.13. The van der Waals surface area contributed by atoms with Crippen LogP contribution in [0, 0.1) is 0 Å². The number of hydrogen-bond donors (Lipinski definition) is 2. The number of sulfonamides is 1. The molecule has 0 saturated carbocycles. The van der Waals surface area contributed by atoms with Crippen molar-refractivity contribution in [2.75, 3.05) is 0 Å². The van der Waals surface area contributed by atoms with Crippen molar-refractivity contribution < 1.29 is 13.5 Å². The molecule has 4 nitrogen and oxygen atoms in total. The van der Waals surface area contributed by atoms with E-state index in [1.165, 1.54) is 13.0 Å². The summed E-state index contributed by atoms with van der Waals surface area (Å²) in [6.07, 6.45) is 0.728. The molecular weight excluding hydrogens is 166 g/mol. The van der Waals surface area contributed by atoms with Crippen LogP contribution in [0.5, 0.6) is 0 Å². The predicted octanol–water partition coefficient (Wildman–Crippen LogP) is -0.400. The third kappa shape index (κ3) is 3.50. The fourth-order valence-electron chi connectivity index (χ4n) is 0.581. The maximum absolute atomic E-state index is 10.6. The first-order valence-electron chi connectivity index (χ1n) is 3.20. The molecule has 5 heteroatoms. The minimum absolute atomic E-state index is 0.234. The number of nitrogens with two attached hydrogens (primary N) is 1. The van der Waals surface area contributed by atoms with Gasteiger partial charge < -0.3 is 5.11 Å². The highest BCUT2D eigenvalue weighted by molar-refractivity contribution is 7.89. The van der Waals surface area contributed by atoms with Gasteiger partial charge in [0.1, 0.15) is 0 Å². The Morgan fingerprint density at radius 2 is 2.18 bits per heavy atom. The minimum Gasteiger partial charge on any atom is -0.391 e. The van der Waals surface area contributed by atoms with Gasteiger partial charge >= 0.3 is 0 Å². The molecule has 11 heavy (non-hydrogen) atoms. The molecule has 2 atom stereocenters. The summed E-state index contributed by atoms with van der Waals surface area (Å²) in [7, 11) is -3.62. The van der Waals surface area contributed by atoms with E-state index in [1.54, 1.807) is 0 Å². The van der Waals surface area contributed by atoms with Crippen LogP contribution in [0.25, 0.3) is 0 Å². The second-order valence-corrected chi connectivity index (χ2v) is 4.31. The number of rotatable bonds is 4. The number of aliphatic hydroxyl groups is 1. The van der Waals surface area contributed by atoms with Crippen LogP contribution in [0.2, 0.25) is 0 Å². The Balaban J connectivity index is 4.25. The Bertz CT molecular complexity index is 222. The van der Waals surface area contributed by atoms with Gasteiger partial charge in [0.05, 0.1) is 11.4 Å². The van der Waals surface area contributed by atoms with E-state index in [1.807, 2.05) is 0 Å². The highest BCUT2D eigenvalue weighted by atomic mass is 32.2. The van der Waals surface area contributed by atoms with Gasteiger partial charge in [0.2, 0.25) is 10.0 Å². The lowest BCUT2D eigenvalue weighted by atomic mass is 10.2.